The number of hydrogen-bond donors (Lipinski definition) is 2. The van der Waals surface area contributed by atoms with E-state index in [4.69, 9.17) is 5.11 Å². The Balaban J connectivity index is 4.54. The number of carbonyl (C=O) groups is 1. The molecule has 3 nitrogen and oxygen atoms in total. The summed E-state index contributed by atoms with van der Waals surface area (Å²) in [5, 5.41) is 7.93. The Morgan fingerprint density at radius 3 is 1.92 bits per heavy atom. The van der Waals surface area contributed by atoms with Crippen molar-refractivity contribution in [3.63, 3.8) is 0 Å². The van der Waals surface area contributed by atoms with Crippen molar-refractivity contribution in [3.05, 3.63) is 0 Å². The Labute approximate surface area is 69.3 Å². The second-order valence-corrected chi connectivity index (χ2v) is 2.33. The molecule has 13 heavy (non-hydrogen) atoms. The molecule has 0 rings (SSSR count). The van der Waals surface area contributed by atoms with Gasteiger partial charge in [0.05, 0.1) is 12.5 Å². The first-order chi connectivity index (χ1) is 5.59. The molecule has 0 saturated carbocycles. The predicted molar refractivity (Wildman–Crippen MR) is 31.2 cm³/mol. The van der Waals surface area contributed by atoms with Crippen molar-refractivity contribution in [2.75, 3.05) is 0 Å². The fourth-order valence-electron chi connectivity index (χ4n) is 0.527. The van der Waals surface area contributed by atoms with Gasteiger partial charge in [0.1, 0.15) is 0 Å². The minimum atomic E-state index is -5.82. The van der Waals surface area contributed by atoms with Gasteiger partial charge >= 0.3 is 18.1 Å². The van der Waals surface area contributed by atoms with Crippen LogP contribution < -0.4 is 5.73 Å². The number of rotatable bonds is 3. The number of hydrogen-bond acceptors (Lipinski definition) is 2. The molecule has 3 N–H and O–H groups in total. The Kier molecular flexibility index (Phi) is 3.20. The van der Waals surface area contributed by atoms with Gasteiger partial charge in [0, 0.05) is 0 Å². The zero-order valence-corrected chi connectivity index (χ0v) is 6.11. The Morgan fingerprint density at radius 1 is 1.31 bits per heavy atom. The van der Waals surface area contributed by atoms with Gasteiger partial charge in [-0.25, -0.2) is 0 Å². The van der Waals surface area contributed by atoms with E-state index in [0.29, 0.717) is 0 Å². The quantitative estimate of drug-likeness (QED) is 0.678. The van der Waals surface area contributed by atoms with Crippen LogP contribution in [0.1, 0.15) is 6.42 Å². The highest BCUT2D eigenvalue weighted by molar-refractivity contribution is 5.67. The molecule has 0 heterocycles. The molecule has 1 atom stereocenters. The first kappa shape index (κ1) is 12.1. The zero-order valence-electron chi connectivity index (χ0n) is 6.11. The van der Waals surface area contributed by atoms with Crippen LogP contribution in [-0.4, -0.2) is 29.2 Å². The highest BCUT2D eigenvalue weighted by atomic mass is 19.4. The van der Waals surface area contributed by atoms with Gasteiger partial charge in [-0.1, -0.05) is 0 Å². The van der Waals surface area contributed by atoms with Crippen molar-refractivity contribution in [2.24, 2.45) is 5.73 Å². The molecular formula is C5H6F5NO2. The van der Waals surface area contributed by atoms with E-state index in [1.54, 1.807) is 0 Å². The summed E-state index contributed by atoms with van der Waals surface area (Å²) in [5.41, 5.74) is 4.39. The summed E-state index contributed by atoms with van der Waals surface area (Å²) in [6.07, 6.45) is -7.26. The molecule has 0 radical (unpaired) electrons. The average Bonchev–Trinajstić information content (AvgIpc) is 1.82. The van der Waals surface area contributed by atoms with E-state index < -0.39 is 30.5 Å². The highest BCUT2D eigenvalue weighted by Crippen LogP contribution is 2.38. The van der Waals surface area contributed by atoms with Crippen LogP contribution in [0.3, 0.4) is 0 Å². The van der Waals surface area contributed by atoms with Crippen LogP contribution in [-0.2, 0) is 4.79 Å². The minimum Gasteiger partial charge on any atom is -0.481 e. The summed E-state index contributed by atoms with van der Waals surface area (Å²) in [6, 6.07) is -2.76. The van der Waals surface area contributed by atoms with Crippen LogP contribution in [0.2, 0.25) is 0 Å². The molecule has 78 valence electrons. The van der Waals surface area contributed by atoms with Crippen molar-refractivity contribution >= 4 is 5.97 Å². The molecular weight excluding hydrogens is 201 g/mol. The van der Waals surface area contributed by atoms with E-state index in [1.807, 2.05) is 0 Å². The van der Waals surface area contributed by atoms with E-state index in [0.717, 1.165) is 0 Å². The van der Waals surface area contributed by atoms with Crippen LogP contribution in [0.15, 0.2) is 0 Å². The maximum absolute atomic E-state index is 12.2. The summed E-state index contributed by atoms with van der Waals surface area (Å²) >= 11 is 0. The topological polar surface area (TPSA) is 63.3 Å². The van der Waals surface area contributed by atoms with E-state index in [2.05, 4.69) is 5.73 Å². The molecule has 0 bridgehead atoms. The van der Waals surface area contributed by atoms with Crippen LogP contribution in [0.4, 0.5) is 22.0 Å². The molecule has 0 aliphatic carbocycles. The van der Waals surface area contributed by atoms with Crippen molar-refractivity contribution in [3.8, 4) is 0 Å². The number of carboxylic acid groups (broad SMARTS) is 1. The first-order valence-corrected chi connectivity index (χ1v) is 3.01. The molecule has 0 spiro atoms. The molecule has 0 aliphatic heterocycles. The molecule has 0 aromatic heterocycles. The smallest absolute Gasteiger partial charge is 0.454 e. The molecule has 0 aromatic carbocycles. The third-order valence-electron chi connectivity index (χ3n) is 1.24. The number of alkyl halides is 5. The van der Waals surface area contributed by atoms with Crippen molar-refractivity contribution in [1.29, 1.82) is 0 Å². The first-order valence-electron chi connectivity index (χ1n) is 3.01. The van der Waals surface area contributed by atoms with Crippen LogP contribution in [0.25, 0.3) is 0 Å². The van der Waals surface area contributed by atoms with Crippen LogP contribution >= 0.6 is 0 Å². The van der Waals surface area contributed by atoms with Gasteiger partial charge in [-0.05, 0) is 0 Å². The van der Waals surface area contributed by atoms with Gasteiger partial charge < -0.3 is 10.8 Å². The predicted octanol–water partition coefficient (Wildman–Crippen LogP) is 0.986. The molecule has 0 amide bonds. The summed E-state index contributed by atoms with van der Waals surface area (Å²) in [5.74, 6) is -6.98. The lowest BCUT2D eigenvalue weighted by Crippen LogP contribution is -2.52. The fraction of sp³-hybridized carbons (Fsp3) is 0.800. The molecule has 0 fully saturated rings. The second kappa shape index (κ2) is 3.44. The van der Waals surface area contributed by atoms with Crippen LogP contribution in [0.5, 0.6) is 0 Å². The largest absolute Gasteiger partial charge is 0.481 e. The monoisotopic (exact) mass is 207 g/mol. The van der Waals surface area contributed by atoms with Crippen LogP contribution in [0, 0.1) is 0 Å². The lowest BCUT2D eigenvalue weighted by atomic mass is 10.1. The molecule has 0 saturated heterocycles. The Bertz CT molecular complexity index is 202. The van der Waals surface area contributed by atoms with E-state index in [9.17, 15) is 26.7 Å². The summed E-state index contributed by atoms with van der Waals surface area (Å²) in [4.78, 5) is 9.80. The van der Waals surface area contributed by atoms with E-state index in [-0.39, 0.29) is 0 Å². The SMILES string of the molecule is N[C@H](CC(=O)O)C(F)(F)C(F)(F)F. The highest BCUT2D eigenvalue weighted by Gasteiger charge is 2.61. The van der Waals surface area contributed by atoms with Gasteiger partial charge in [-0.15, -0.1) is 0 Å². The third kappa shape index (κ3) is 2.79. The second-order valence-electron chi connectivity index (χ2n) is 2.33. The minimum absolute atomic E-state index is 1.44. The molecule has 0 unspecified atom stereocenters. The van der Waals surface area contributed by atoms with Crippen molar-refractivity contribution < 1.29 is 31.9 Å². The zero-order chi connectivity index (χ0) is 10.9. The average molecular weight is 207 g/mol. The van der Waals surface area contributed by atoms with Gasteiger partial charge in [-0.2, -0.15) is 22.0 Å². The maximum atomic E-state index is 12.2. The lowest BCUT2D eigenvalue weighted by molar-refractivity contribution is -0.289. The Morgan fingerprint density at radius 2 is 1.69 bits per heavy atom. The van der Waals surface area contributed by atoms with E-state index >= 15 is 0 Å². The molecule has 0 aliphatic rings. The number of halogens is 5. The van der Waals surface area contributed by atoms with Crippen molar-refractivity contribution in [2.45, 2.75) is 24.6 Å². The molecule has 0 aromatic rings. The summed E-state index contributed by atoms with van der Waals surface area (Å²) in [7, 11) is 0. The normalized spacial score (nSPS) is 15.5. The van der Waals surface area contributed by atoms with Gasteiger partial charge in [0.2, 0.25) is 0 Å². The Hall–Kier alpha value is -0.920. The van der Waals surface area contributed by atoms with E-state index in [1.165, 1.54) is 0 Å². The van der Waals surface area contributed by atoms with Crippen molar-refractivity contribution in [1.82, 2.24) is 0 Å². The number of carboxylic acids is 1. The fourth-order valence-corrected chi connectivity index (χ4v) is 0.527. The molecule has 8 heteroatoms. The standard InChI is InChI=1S/C5H6F5NO2/c6-4(7,5(8,9)10)2(11)1-3(12)13/h2H,1,11H2,(H,12,13)/t2-/m1/s1. The van der Waals surface area contributed by atoms with Gasteiger partial charge in [0.15, 0.2) is 0 Å². The lowest BCUT2D eigenvalue weighted by Gasteiger charge is -2.24. The van der Waals surface area contributed by atoms with Gasteiger partial charge in [-0.3, -0.25) is 4.79 Å². The maximum Gasteiger partial charge on any atom is 0.454 e. The number of nitrogens with two attached hydrogens (primary N) is 1. The van der Waals surface area contributed by atoms with Gasteiger partial charge in [0.25, 0.3) is 0 Å². The summed E-state index contributed by atoms with van der Waals surface area (Å²) < 4.78 is 58.9. The number of aliphatic carboxylic acids is 1. The summed E-state index contributed by atoms with van der Waals surface area (Å²) in [6.45, 7) is 0. The third-order valence-corrected chi connectivity index (χ3v) is 1.24.